The van der Waals surface area contributed by atoms with Gasteiger partial charge in [-0.25, -0.2) is 13.4 Å². The summed E-state index contributed by atoms with van der Waals surface area (Å²) in [5.74, 6) is 0.388. The molecule has 7 nitrogen and oxygen atoms in total. The second-order valence-corrected chi connectivity index (χ2v) is 10.4. The van der Waals surface area contributed by atoms with Crippen molar-refractivity contribution in [1.82, 2.24) is 10.3 Å². The molecule has 0 amide bonds. The zero-order chi connectivity index (χ0) is 23.4. The second kappa shape index (κ2) is 9.99. The topological polar surface area (TPSA) is 100 Å². The van der Waals surface area contributed by atoms with Gasteiger partial charge in [0.15, 0.2) is 0 Å². The highest BCUT2D eigenvalue weighted by Gasteiger charge is 2.14. The number of nitrogen functional groups attached to an aromatic ring is 1. The Bertz CT molecular complexity index is 1230. The van der Waals surface area contributed by atoms with E-state index in [4.69, 9.17) is 17.3 Å². The summed E-state index contributed by atoms with van der Waals surface area (Å²) in [5.41, 5.74) is 11.1. The van der Waals surface area contributed by atoms with Crippen LogP contribution in [0.1, 0.15) is 13.3 Å². The molecule has 2 heterocycles. The van der Waals surface area contributed by atoms with Crippen LogP contribution in [-0.2, 0) is 10.0 Å². The number of anilines is 3. The molecule has 174 valence electrons. The van der Waals surface area contributed by atoms with Crippen molar-refractivity contribution in [3.05, 3.63) is 59.8 Å². The molecule has 0 unspecified atom stereocenters. The number of hydrogen-bond acceptors (Lipinski definition) is 6. The number of sulfonamides is 1. The fourth-order valence-electron chi connectivity index (χ4n) is 3.96. The Labute approximate surface area is 200 Å². The Hall–Kier alpha value is -2.81. The zero-order valence-corrected chi connectivity index (χ0v) is 20.1. The lowest BCUT2D eigenvalue weighted by atomic mass is 10.0. The van der Waals surface area contributed by atoms with Crippen LogP contribution in [0, 0.1) is 0 Å². The van der Waals surface area contributed by atoms with E-state index in [0.29, 0.717) is 34.1 Å². The van der Waals surface area contributed by atoms with Crippen molar-refractivity contribution in [1.29, 1.82) is 0 Å². The Morgan fingerprint density at radius 2 is 1.79 bits per heavy atom. The van der Waals surface area contributed by atoms with Crippen LogP contribution in [0.25, 0.3) is 22.3 Å². The number of nitrogens with two attached hydrogens (primary N) is 1. The van der Waals surface area contributed by atoms with Gasteiger partial charge in [0.05, 0.1) is 11.4 Å². The van der Waals surface area contributed by atoms with Gasteiger partial charge in [-0.05, 0) is 53.9 Å². The Morgan fingerprint density at radius 3 is 2.48 bits per heavy atom. The number of halogens is 1. The summed E-state index contributed by atoms with van der Waals surface area (Å²) in [6.45, 7) is 5.78. The Balaban J connectivity index is 1.64. The Morgan fingerprint density at radius 1 is 1.06 bits per heavy atom. The minimum Gasteiger partial charge on any atom is -0.383 e. The van der Waals surface area contributed by atoms with Crippen molar-refractivity contribution >= 4 is 38.8 Å². The van der Waals surface area contributed by atoms with E-state index in [9.17, 15) is 8.42 Å². The maximum atomic E-state index is 12.2. The third-order valence-corrected chi connectivity index (χ3v) is 7.27. The van der Waals surface area contributed by atoms with Crippen LogP contribution in [0.4, 0.5) is 17.2 Å². The molecule has 0 aliphatic carbocycles. The molecule has 1 aliphatic heterocycles. The minimum absolute atomic E-state index is 0.0396. The summed E-state index contributed by atoms with van der Waals surface area (Å²) in [6.07, 6.45) is 2.27. The molecule has 0 spiro atoms. The standard InChI is InChI=1S/C24H28ClN5O2S/c1-2-11-33(31,32)29-21-13-18(12-20(25)15-21)23-14-19(16-28-24(23)26)17-3-5-22(6-4-17)30-9-7-27-8-10-30/h3-6,12-16,27,29H,2,7-11H2,1H3,(H2,26,28). The number of piperazine rings is 1. The molecule has 1 aliphatic rings. The van der Waals surface area contributed by atoms with Gasteiger partial charge in [-0.1, -0.05) is 30.7 Å². The van der Waals surface area contributed by atoms with Gasteiger partial charge in [0.1, 0.15) is 5.82 Å². The van der Waals surface area contributed by atoms with E-state index >= 15 is 0 Å². The molecule has 1 saturated heterocycles. The largest absolute Gasteiger partial charge is 0.383 e. The highest BCUT2D eigenvalue weighted by molar-refractivity contribution is 7.92. The first-order valence-electron chi connectivity index (χ1n) is 11.0. The summed E-state index contributed by atoms with van der Waals surface area (Å²) >= 11 is 6.30. The average molecular weight is 486 g/mol. The monoisotopic (exact) mass is 485 g/mol. The quantitative estimate of drug-likeness (QED) is 0.463. The van der Waals surface area contributed by atoms with Crippen molar-refractivity contribution in [2.75, 3.05) is 47.3 Å². The van der Waals surface area contributed by atoms with Crippen LogP contribution in [0.15, 0.2) is 54.7 Å². The van der Waals surface area contributed by atoms with Crippen LogP contribution in [-0.4, -0.2) is 45.3 Å². The normalized spacial score (nSPS) is 14.3. The van der Waals surface area contributed by atoms with Gasteiger partial charge in [0, 0.05) is 54.2 Å². The summed E-state index contributed by atoms with van der Waals surface area (Å²) in [5, 5.41) is 3.78. The molecule has 0 bridgehead atoms. The summed E-state index contributed by atoms with van der Waals surface area (Å²) in [7, 11) is -3.44. The second-order valence-electron chi connectivity index (χ2n) is 8.09. The molecule has 0 saturated carbocycles. The first kappa shape index (κ1) is 23.4. The van der Waals surface area contributed by atoms with E-state index in [1.165, 1.54) is 5.69 Å². The molecular weight excluding hydrogens is 458 g/mol. The molecule has 3 aromatic rings. The van der Waals surface area contributed by atoms with E-state index in [2.05, 4.69) is 44.2 Å². The number of rotatable bonds is 7. The van der Waals surface area contributed by atoms with E-state index in [1.54, 1.807) is 24.4 Å². The molecule has 1 fully saturated rings. The number of nitrogens with zero attached hydrogens (tertiary/aromatic N) is 2. The molecule has 4 N–H and O–H groups in total. The SMILES string of the molecule is CCCS(=O)(=O)Nc1cc(Cl)cc(-c2cc(-c3ccc(N4CCNCC4)cc3)cnc2N)c1. The first-order chi connectivity index (χ1) is 15.8. The smallest absolute Gasteiger partial charge is 0.232 e. The van der Waals surface area contributed by atoms with E-state index in [0.717, 1.165) is 37.3 Å². The average Bonchev–Trinajstić information content (AvgIpc) is 2.79. The highest BCUT2D eigenvalue weighted by Crippen LogP contribution is 2.34. The van der Waals surface area contributed by atoms with Crippen LogP contribution < -0.4 is 20.7 Å². The van der Waals surface area contributed by atoms with Crippen LogP contribution in [0.2, 0.25) is 5.02 Å². The lowest BCUT2D eigenvalue weighted by molar-refractivity contribution is 0.589. The zero-order valence-electron chi connectivity index (χ0n) is 18.5. The maximum Gasteiger partial charge on any atom is 0.232 e. The molecule has 33 heavy (non-hydrogen) atoms. The molecule has 0 radical (unpaired) electrons. The van der Waals surface area contributed by atoms with Gasteiger partial charge in [0.2, 0.25) is 10.0 Å². The number of benzene rings is 2. The van der Waals surface area contributed by atoms with Crippen LogP contribution in [0.5, 0.6) is 0 Å². The summed E-state index contributed by atoms with van der Waals surface area (Å²) in [4.78, 5) is 6.75. The molecule has 2 aromatic carbocycles. The maximum absolute atomic E-state index is 12.2. The first-order valence-corrected chi connectivity index (χ1v) is 13.0. The molecule has 1 aromatic heterocycles. The van der Waals surface area contributed by atoms with E-state index in [-0.39, 0.29) is 5.75 Å². The van der Waals surface area contributed by atoms with E-state index < -0.39 is 10.0 Å². The predicted molar refractivity (Wildman–Crippen MR) is 137 cm³/mol. The van der Waals surface area contributed by atoms with Gasteiger partial charge in [-0.2, -0.15) is 0 Å². The van der Waals surface area contributed by atoms with Gasteiger partial charge < -0.3 is 16.0 Å². The number of pyridine rings is 1. The molecule has 0 atom stereocenters. The fourth-order valence-corrected chi connectivity index (χ4v) is 5.31. The number of hydrogen-bond donors (Lipinski definition) is 3. The minimum atomic E-state index is -3.44. The number of nitrogens with one attached hydrogen (secondary N) is 2. The third kappa shape index (κ3) is 5.76. The molecule has 4 rings (SSSR count). The van der Waals surface area contributed by atoms with Crippen molar-refractivity contribution in [3.8, 4) is 22.3 Å². The lowest BCUT2D eigenvalue weighted by Crippen LogP contribution is -2.43. The van der Waals surface area contributed by atoms with Gasteiger partial charge in [-0.15, -0.1) is 0 Å². The fraction of sp³-hybridized carbons (Fsp3) is 0.292. The molecule has 9 heteroatoms. The van der Waals surface area contributed by atoms with Gasteiger partial charge in [-0.3, -0.25) is 4.72 Å². The third-order valence-electron chi connectivity index (χ3n) is 5.56. The van der Waals surface area contributed by atoms with Crippen LogP contribution in [0.3, 0.4) is 0 Å². The van der Waals surface area contributed by atoms with Crippen LogP contribution >= 0.6 is 11.6 Å². The number of aromatic nitrogens is 1. The summed E-state index contributed by atoms with van der Waals surface area (Å²) < 4.78 is 27.0. The molecular formula is C24H28ClN5O2S. The summed E-state index contributed by atoms with van der Waals surface area (Å²) in [6, 6.07) is 15.4. The van der Waals surface area contributed by atoms with Gasteiger partial charge >= 0.3 is 0 Å². The van der Waals surface area contributed by atoms with Crippen molar-refractivity contribution in [3.63, 3.8) is 0 Å². The predicted octanol–water partition coefficient (Wildman–Crippen LogP) is 4.21. The van der Waals surface area contributed by atoms with E-state index in [1.807, 2.05) is 13.0 Å². The Kier molecular flexibility index (Phi) is 7.07. The van der Waals surface area contributed by atoms with Crippen molar-refractivity contribution in [2.45, 2.75) is 13.3 Å². The van der Waals surface area contributed by atoms with Crippen molar-refractivity contribution < 1.29 is 8.42 Å². The highest BCUT2D eigenvalue weighted by atomic mass is 35.5. The van der Waals surface area contributed by atoms with Gasteiger partial charge in [0.25, 0.3) is 0 Å². The van der Waals surface area contributed by atoms with Crippen molar-refractivity contribution in [2.24, 2.45) is 0 Å². The lowest BCUT2D eigenvalue weighted by Gasteiger charge is -2.29.